The van der Waals surface area contributed by atoms with Crippen molar-refractivity contribution in [1.82, 2.24) is 9.80 Å². The van der Waals surface area contributed by atoms with Crippen molar-refractivity contribution in [1.29, 1.82) is 0 Å². The standard InChI is InChI=1S/C32H36N2O4/c1-21(35)38-32-16-15-25(33(2)28(36)14-13-22-7-4-3-5-8-22)30-31(32)17-18-34(20-23-11-12-23)27(32)19-24-9-6-10-26(37-30)29(24)31/h3-10,13-14,23,25,27,30H,11-12,15-20H2,1-2H3/b14-13+/t25?,27-,30?,31+,32-/m1/s1. The molecule has 6 nitrogen and oxygen atoms in total. The number of rotatable bonds is 6. The topological polar surface area (TPSA) is 59.1 Å². The lowest BCUT2D eigenvalue weighted by molar-refractivity contribution is -0.223. The van der Waals surface area contributed by atoms with E-state index >= 15 is 0 Å². The highest BCUT2D eigenvalue weighted by molar-refractivity contribution is 5.92. The van der Waals surface area contributed by atoms with Gasteiger partial charge in [-0.2, -0.15) is 0 Å². The van der Waals surface area contributed by atoms with Crippen LogP contribution in [0, 0.1) is 5.92 Å². The molecule has 2 saturated carbocycles. The fraction of sp³-hybridized carbons (Fsp3) is 0.500. The molecule has 2 aromatic rings. The van der Waals surface area contributed by atoms with Crippen LogP contribution in [0.25, 0.3) is 6.08 Å². The highest BCUT2D eigenvalue weighted by atomic mass is 16.6. The van der Waals surface area contributed by atoms with E-state index in [9.17, 15) is 9.59 Å². The smallest absolute Gasteiger partial charge is 0.303 e. The second-order valence-electron chi connectivity index (χ2n) is 12.0. The number of likely N-dealkylation sites (N-methyl/N-ethyl adjacent to an activating group) is 1. The van der Waals surface area contributed by atoms with Crippen LogP contribution in [0.2, 0.25) is 0 Å². The molecule has 0 aromatic heterocycles. The molecule has 38 heavy (non-hydrogen) atoms. The lowest BCUT2D eigenvalue weighted by Gasteiger charge is -2.65. The van der Waals surface area contributed by atoms with Crippen LogP contribution in [0.4, 0.5) is 0 Å². The first kappa shape index (κ1) is 24.0. The summed E-state index contributed by atoms with van der Waals surface area (Å²) < 4.78 is 13.4. The summed E-state index contributed by atoms with van der Waals surface area (Å²) in [7, 11) is 1.90. The molecular formula is C32H36N2O4. The Labute approximate surface area is 224 Å². The fourth-order valence-electron chi connectivity index (χ4n) is 8.27. The molecule has 1 amide bonds. The van der Waals surface area contributed by atoms with Crippen LogP contribution in [0.15, 0.2) is 54.6 Å². The monoisotopic (exact) mass is 512 g/mol. The van der Waals surface area contributed by atoms with Crippen molar-refractivity contribution in [2.75, 3.05) is 20.1 Å². The number of carbonyl (C=O) groups excluding carboxylic acids is 2. The summed E-state index contributed by atoms with van der Waals surface area (Å²) in [5, 5.41) is 0. The van der Waals surface area contributed by atoms with Crippen LogP contribution in [-0.2, 0) is 26.2 Å². The molecule has 5 atom stereocenters. The minimum atomic E-state index is -0.642. The molecule has 3 aliphatic carbocycles. The number of piperidine rings is 1. The van der Waals surface area contributed by atoms with E-state index in [1.165, 1.54) is 24.0 Å². The Bertz CT molecular complexity index is 1300. The number of carbonyl (C=O) groups is 2. The van der Waals surface area contributed by atoms with Gasteiger partial charge in [-0.3, -0.25) is 14.5 Å². The quantitative estimate of drug-likeness (QED) is 0.425. The summed E-state index contributed by atoms with van der Waals surface area (Å²) in [5.74, 6) is 1.42. The Morgan fingerprint density at radius 1 is 1.11 bits per heavy atom. The first-order valence-electron chi connectivity index (χ1n) is 14.2. The molecule has 2 unspecified atom stereocenters. The molecule has 0 radical (unpaired) electrons. The summed E-state index contributed by atoms with van der Waals surface area (Å²) in [6, 6.07) is 16.3. The molecule has 1 saturated heterocycles. The van der Waals surface area contributed by atoms with Gasteiger partial charge in [0.15, 0.2) is 0 Å². The van der Waals surface area contributed by atoms with Crippen molar-refractivity contribution in [3.8, 4) is 5.75 Å². The maximum atomic E-state index is 13.4. The second kappa shape index (κ2) is 8.70. The number of hydrogen-bond donors (Lipinski definition) is 0. The van der Waals surface area contributed by atoms with Crippen LogP contribution >= 0.6 is 0 Å². The van der Waals surface area contributed by atoms with Crippen LogP contribution in [-0.4, -0.2) is 65.6 Å². The summed E-state index contributed by atoms with van der Waals surface area (Å²) in [6.45, 7) is 3.60. The van der Waals surface area contributed by atoms with Crippen molar-refractivity contribution in [2.45, 2.75) is 74.7 Å². The van der Waals surface area contributed by atoms with E-state index in [4.69, 9.17) is 9.47 Å². The van der Waals surface area contributed by atoms with E-state index in [1.807, 2.05) is 48.4 Å². The van der Waals surface area contributed by atoms with Crippen LogP contribution in [0.3, 0.4) is 0 Å². The molecule has 198 valence electrons. The van der Waals surface area contributed by atoms with Crippen molar-refractivity contribution >= 4 is 18.0 Å². The number of likely N-dealkylation sites (tertiary alicyclic amines) is 1. The Balaban J connectivity index is 1.29. The first-order chi connectivity index (χ1) is 18.4. The number of hydrogen-bond acceptors (Lipinski definition) is 5. The predicted octanol–water partition coefficient (Wildman–Crippen LogP) is 4.36. The lowest BCUT2D eigenvalue weighted by Crippen LogP contribution is -2.79. The van der Waals surface area contributed by atoms with E-state index in [2.05, 4.69) is 23.1 Å². The average molecular weight is 513 g/mol. The van der Waals surface area contributed by atoms with Gasteiger partial charge in [-0.25, -0.2) is 0 Å². The van der Waals surface area contributed by atoms with Gasteiger partial charge in [0.05, 0.1) is 17.5 Å². The van der Waals surface area contributed by atoms with E-state index < -0.39 is 11.0 Å². The number of benzene rings is 2. The molecule has 2 heterocycles. The molecule has 6 heteroatoms. The molecule has 1 spiro atoms. The maximum Gasteiger partial charge on any atom is 0.303 e. The Morgan fingerprint density at radius 2 is 1.92 bits per heavy atom. The highest BCUT2D eigenvalue weighted by Crippen LogP contribution is 2.65. The fourth-order valence-corrected chi connectivity index (χ4v) is 8.27. The molecular weight excluding hydrogens is 476 g/mol. The molecule has 2 aromatic carbocycles. The number of ether oxygens (including phenoxy) is 2. The highest BCUT2D eigenvalue weighted by Gasteiger charge is 2.75. The van der Waals surface area contributed by atoms with Gasteiger partial charge in [0.25, 0.3) is 0 Å². The zero-order valence-corrected chi connectivity index (χ0v) is 22.3. The first-order valence-corrected chi connectivity index (χ1v) is 14.2. The lowest BCUT2D eigenvalue weighted by atomic mass is 9.48. The number of amides is 1. The van der Waals surface area contributed by atoms with Crippen LogP contribution < -0.4 is 4.74 Å². The normalized spacial score (nSPS) is 32.9. The predicted molar refractivity (Wildman–Crippen MR) is 145 cm³/mol. The molecule has 7 rings (SSSR count). The molecule has 2 aliphatic heterocycles. The summed E-state index contributed by atoms with van der Waals surface area (Å²) in [5.41, 5.74) is 2.46. The van der Waals surface area contributed by atoms with E-state index in [0.717, 1.165) is 56.0 Å². The average Bonchev–Trinajstić information content (AvgIpc) is 3.66. The van der Waals surface area contributed by atoms with Gasteiger partial charge in [-0.15, -0.1) is 0 Å². The third-order valence-electron chi connectivity index (χ3n) is 9.98. The summed E-state index contributed by atoms with van der Waals surface area (Å²) in [4.78, 5) is 30.7. The molecule has 5 aliphatic rings. The largest absolute Gasteiger partial charge is 0.487 e. The van der Waals surface area contributed by atoms with Gasteiger partial charge in [-0.1, -0.05) is 42.5 Å². The van der Waals surface area contributed by atoms with Crippen molar-refractivity contribution in [3.05, 3.63) is 71.3 Å². The number of nitrogens with zero attached hydrogens (tertiary/aromatic N) is 2. The van der Waals surface area contributed by atoms with E-state index in [0.29, 0.717) is 0 Å². The third kappa shape index (κ3) is 3.42. The minimum Gasteiger partial charge on any atom is -0.487 e. The summed E-state index contributed by atoms with van der Waals surface area (Å²) >= 11 is 0. The molecule has 2 bridgehead atoms. The van der Waals surface area contributed by atoms with Crippen molar-refractivity contribution in [3.63, 3.8) is 0 Å². The zero-order valence-electron chi connectivity index (χ0n) is 22.3. The zero-order chi connectivity index (χ0) is 26.1. The van der Waals surface area contributed by atoms with Gasteiger partial charge < -0.3 is 14.4 Å². The van der Waals surface area contributed by atoms with Gasteiger partial charge >= 0.3 is 5.97 Å². The summed E-state index contributed by atoms with van der Waals surface area (Å²) in [6.07, 6.45) is 9.09. The Kier molecular flexibility index (Phi) is 5.49. The molecule has 3 fully saturated rings. The van der Waals surface area contributed by atoms with Gasteiger partial charge in [0.1, 0.15) is 17.5 Å². The number of esters is 1. The van der Waals surface area contributed by atoms with Crippen molar-refractivity contribution < 1.29 is 19.1 Å². The van der Waals surface area contributed by atoms with E-state index in [-0.39, 0.29) is 30.1 Å². The SMILES string of the molecule is CC(=O)O[C@@]12CCC(N(C)C(=O)/C=C/c3ccccc3)C3Oc4cccc5c4[C@@]31CCN(CC1CC1)[C@@H]2C5. The van der Waals surface area contributed by atoms with Crippen LogP contribution in [0.5, 0.6) is 5.75 Å². The second-order valence-corrected chi connectivity index (χ2v) is 12.0. The molecule has 0 N–H and O–H groups in total. The van der Waals surface area contributed by atoms with Crippen molar-refractivity contribution in [2.24, 2.45) is 5.92 Å². The third-order valence-corrected chi connectivity index (χ3v) is 9.98. The minimum absolute atomic E-state index is 0.0338. The Morgan fingerprint density at radius 3 is 2.68 bits per heavy atom. The van der Waals surface area contributed by atoms with Crippen LogP contribution in [0.1, 0.15) is 55.7 Å². The van der Waals surface area contributed by atoms with Gasteiger partial charge in [-0.05, 0) is 74.3 Å². The van der Waals surface area contributed by atoms with E-state index in [1.54, 1.807) is 13.0 Å². The van der Waals surface area contributed by atoms with Gasteiger partial charge in [0.2, 0.25) is 5.91 Å². The maximum absolute atomic E-state index is 13.4. The van der Waals surface area contributed by atoms with Gasteiger partial charge in [0, 0.05) is 32.2 Å². The Hall–Kier alpha value is -3.12.